The summed E-state index contributed by atoms with van der Waals surface area (Å²) < 4.78 is 0. The van der Waals surface area contributed by atoms with E-state index in [4.69, 9.17) is 5.73 Å². The number of benzene rings is 1. The number of nitrogens with one attached hydrogen (secondary N) is 3. The van der Waals surface area contributed by atoms with Crippen molar-refractivity contribution in [3.63, 3.8) is 0 Å². The Morgan fingerprint density at radius 3 is 2.11 bits per heavy atom. The number of phenols is 1. The van der Waals surface area contributed by atoms with Crippen molar-refractivity contribution in [1.29, 1.82) is 0 Å². The summed E-state index contributed by atoms with van der Waals surface area (Å²) in [4.78, 5) is 80.3. The Bertz CT molecular complexity index is 1270. The summed E-state index contributed by atoms with van der Waals surface area (Å²) in [6.07, 6.45) is 4.14. The second-order valence-corrected chi connectivity index (χ2v) is 13.8. The van der Waals surface area contributed by atoms with Crippen molar-refractivity contribution in [2.75, 3.05) is 6.54 Å². The minimum Gasteiger partial charge on any atom is -0.508 e. The van der Waals surface area contributed by atoms with E-state index in [2.05, 4.69) is 16.0 Å². The van der Waals surface area contributed by atoms with Gasteiger partial charge < -0.3 is 31.7 Å². The number of aromatic hydroxyl groups is 1. The van der Waals surface area contributed by atoms with Gasteiger partial charge in [0.2, 0.25) is 17.6 Å². The molecule has 2 fully saturated rings. The first-order valence-corrected chi connectivity index (χ1v) is 15.9. The highest BCUT2D eigenvalue weighted by Crippen LogP contribution is 2.35. The summed E-state index contributed by atoms with van der Waals surface area (Å²) in [5.74, 6) is -3.50. The highest BCUT2D eigenvalue weighted by Gasteiger charge is 2.47. The van der Waals surface area contributed by atoms with Gasteiger partial charge in [0.1, 0.15) is 17.8 Å². The van der Waals surface area contributed by atoms with Crippen LogP contribution < -0.4 is 21.7 Å². The van der Waals surface area contributed by atoms with E-state index in [0.29, 0.717) is 24.8 Å². The Morgan fingerprint density at radius 2 is 1.60 bits per heavy atom. The van der Waals surface area contributed by atoms with Crippen LogP contribution in [-0.2, 0) is 19.2 Å². The number of Topliss-reactive ketones (excluding diaryl/α,β-unsaturated/α-hetero) is 2. The first-order valence-electron chi connectivity index (χ1n) is 15.9. The molecule has 12 heteroatoms. The average molecular weight is 628 g/mol. The normalized spacial score (nSPS) is 20.2. The van der Waals surface area contributed by atoms with Gasteiger partial charge in [0.05, 0.1) is 12.1 Å². The van der Waals surface area contributed by atoms with Crippen LogP contribution in [0.4, 0.5) is 4.79 Å². The minimum atomic E-state index is -1.11. The van der Waals surface area contributed by atoms with Gasteiger partial charge in [-0.05, 0) is 66.7 Å². The van der Waals surface area contributed by atoms with Gasteiger partial charge in [-0.3, -0.25) is 24.0 Å². The molecule has 45 heavy (non-hydrogen) atoms. The van der Waals surface area contributed by atoms with E-state index in [1.54, 1.807) is 34.6 Å². The molecule has 1 unspecified atom stereocenters. The van der Waals surface area contributed by atoms with Crippen LogP contribution in [0.25, 0.3) is 0 Å². The molecule has 1 aromatic rings. The van der Waals surface area contributed by atoms with Crippen LogP contribution in [0.2, 0.25) is 0 Å². The fourth-order valence-electron chi connectivity index (χ4n) is 5.95. The molecule has 1 saturated heterocycles. The molecule has 3 rings (SSSR count). The highest BCUT2D eigenvalue weighted by molar-refractivity contribution is 6.37. The number of ketones is 2. The predicted molar refractivity (Wildman–Crippen MR) is 168 cm³/mol. The Morgan fingerprint density at radius 1 is 0.978 bits per heavy atom. The Kier molecular flexibility index (Phi) is 11.7. The van der Waals surface area contributed by atoms with Crippen LogP contribution in [0.15, 0.2) is 24.3 Å². The van der Waals surface area contributed by atoms with Crippen LogP contribution in [0.3, 0.4) is 0 Å². The number of carbonyl (C=O) groups excluding carboxylic acids is 6. The molecule has 0 spiro atoms. The fraction of sp³-hybridized carbons (Fsp3) is 0.636. The van der Waals surface area contributed by atoms with Crippen molar-refractivity contribution in [3.05, 3.63) is 29.8 Å². The molecular weight excluding hydrogens is 578 g/mol. The maximum absolute atomic E-state index is 14.2. The molecule has 1 aromatic carbocycles. The first-order chi connectivity index (χ1) is 21.0. The third-order valence-corrected chi connectivity index (χ3v) is 8.65. The third-order valence-electron chi connectivity index (χ3n) is 8.65. The van der Waals surface area contributed by atoms with E-state index < -0.39 is 59.1 Å². The molecule has 6 N–H and O–H groups in total. The second-order valence-electron chi connectivity index (χ2n) is 13.8. The molecule has 1 heterocycles. The number of primary amides is 1. The van der Waals surface area contributed by atoms with Crippen molar-refractivity contribution >= 4 is 35.3 Å². The molecular formula is C33H49N5O7. The molecule has 1 aliphatic carbocycles. The molecule has 0 radical (unpaired) electrons. The van der Waals surface area contributed by atoms with Gasteiger partial charge >= 0.3 is 6.03 Å². The fourth-order valence-corrected chi connectivity index (χ4v) is 5.95. The maximum atomic E-state index is 14.2. The summed E-state index contributed by atoms with van der Waals surface area (Å²) >= 11 is 0. The molecule has 1 aliphatic heterocycles. The van der Waals surface area contributed by atoms with Crippen LogP contribution in [0.5, 0.6) is 5.75 Å². The lowest BCUT2D eigenvalue weighted by Crippen LogP contribution is -2.61. The minimum absolute atomic E-state index is 0.0119. The summed E-state index contributed by atoms with van der Waals surface area (Å²) in [5.41, 5.74) is 4.82. The Labute approximate surface area is 265 Å². The quantitative estimate of drug-likeness (QED) is 0.155. The van der Waals surface area contributed by atoms with Crippen LogP contribution >= 0.6 is 0 Å². The molecule has 12 nitrogen and oxygen atoms in total. The first kappa shape index (κ1) is 35.5. The van der Waals surface area contributed by atoms with Gasteiger partial charge in [-0.25, -0.2) is 4.79 Å². The van der Waals surface area contributed by atoms with Crippen molar-refractivity contribution in [2.24, 2.45) is 28.9 Å². The summed E-state index contributed by atoms with van der Waals surface area (Å²) in [7, 11) is 0. The van der Waals surface area contributed by atoms with Crippen molar-refractivity contribution in [2.45, 2.75) is 104 Å². The van der Waals surface area contributed by atoms with E-state index >= 15 is 0 Å². The van der Waals surface area contributed by atoms with Crippen molar-refractivity contribution in [3.8, 4) is 5.75 Å². The molecule has 5 atom stereocenters. The SMILES string of the molecule is CCC[C@H]1CCN(C(=O)[C@@H](NC(=O)N[C@H](C(=O)c2ccc(O)cc2)C(C)C)C(C)(C)C)[C@@H]1C(=O)NC(CC1CC1)C(=O)C(N)=O. The number of urea groups is 1. The number of nitrogens with two attached hydrogens (primary N) is 1. The van der Waals surface area contributed by atoms with Crippen molar-refractivity contribution in [1.82, 2.24) is 20.9 Å². The average Bonchev–Trinajstić information content (AvgIpc) is 3.68. The standard InChI is InChI=1S/C33H49N5O7/c1-7-8-20-15-16-38(25(20)30(43)35-23(17-19-9-10-19)27(41)29(34)42)31(44)28(33(4,5)6)37-32(45)36-24(18(2)3)26(40)21-11-13-22(39)14-12-21/h11-14,18-20,23-25,28,39H,7-10,15-17H2,1-6H3,(H2,34,42)(H,35,43)(H2,36,37,45)/t20-,23?,24-,25-,28+/m0/s1. The lowest BCUT2D eigenvalue weighted by molar-refractivity contribution is -0.144. The number of hydrogen-bond acceptors (Lipinski definition) is 7. The molecule has 0 bridgehead atoms. The number of carbonyl (C=O) groups is 6. The monoisotopic (exact) mass is 627 g/mol. The topological polar surface area (TPSA) is 188 Å². The van der Waals surface area contributed by atoms with Gasteiger partial charge in [0.25, 0.3) is 5.91 Å². The lowest BCUT2D eigenvalue weighted by Gasteiger charge is -2.37. The summed E-state index contributed by atoms with van der Waals surface area (Å²) in [5, 5.41) is 17.8. The number of rotatable bonds is 14. The summed E-state index contributed by atoms with van der Waals surface area (Å²) in [6.45, 7) is 11.2. The van der Waals surface area contributed by atoms with E-state index in [9.17, 15) is 33.9 Å². The van der Waals surface area contributed by atoms with Gasteiger partial charge in [-0.15, -0.1) is 0 Å². The van der Waals surface area contributed by atoms with E-state index in [1.165, 1.54) is 29.2 Å². The second kappa shape index (κ2) is 14.9. The Hall–Kier alpha value is -3.96. The smallest absolute Gasteiger partial charge is 0.316 e. The highest BCUT2D eigenvalue weighted by atomic mass is 16.3. The van der Waals surface area contributed by atoms with E-state index in [0.717, 1.165) is 19.3 Å². The number of nitrogens with zero attached hydrogens (tertiary/aromatic N) is 1. The van der Waals surface area contributed by atoms with Gasteiger partial charge in [0.15, 0.2) is 5.78 Å². The van der Waals surface area contributed by atoms with Crippen molar-refractivity contribution < 1.29 is 33.9 Å². The number of amides is 5. The van der Waals surface area contributed by atoms with E-state index in [-0.39, 0.29) is 35.8 Å². The van der Waals surface area contributed by atoms with Crippen LogP contribution in [0, 0.1) is 23.2 Å². The van der Waals surface area contributed by atoms with Crippen LogP contribution in [-0.4, -0.2) is 76.0 Å². The molecule has 1 saturated carbocycles. The molecule has 2 aliphatic rings. The van der Waals surface area contributed by atoms with Crippen LogP contribution in [0.1, 0.15) is 90.4 Å². The lowest BCUT2D eigenvalue weighted by atomic mass is 9.85. The zero-order chi connectivity index (χ0) is 33.6. The van der Waals surface area contributed by atoms with Gasteiger partial charge in [0, 0.05) is 12.1 Å². The predicted octanol–water partition coefficient (Wildman–Crippen LogP) is 2.67. The molecule has 248 valence electrons. The Balaban J connectivity index is 1.82. The molecule has 0 aromatic heterocycles. The van der Waals surface area contributed by atoms with Gasteiger partial charge in [-0.1, -0.05) is 60.8 Å². The molecule has 5 amide bonds. The third kappa shape index (κ3) is 9.27. The maximum Gasteiger partial charge on any atom is 0.316 e. The number of hydrogen-bond donors (Lipinski definition) is 5. The van der Waals surface area contributed by atoms with E-state index in [1.807, 2.05) is 6.92 Å². The zero-order valence-corrected chi connectivity index (χ0v) is 27.2. The van der Waals surface area contributed by atoms with Gasteiger partial charge in [-0.2, -0.15) is 0 Å². The zero-order valence-electron chi connectivity index (χ0n) is 27.2. The number of phenolic OH excluding ortho intramolecular Hbond substituents is 1. The summed E-state index contributed by atoms with van der Waals surface area (Å²) in [6, 6.07) is 1.12. The number of likely N-dealkylation sites (tertiary alicyclic amines) is 1. The largest absolute Gasteiger partial charge is 0.508 e.